The van der Waals surface area contributed by atoms with E-state index in [9.17, 15) is 9.59 Å². The Morgan fingerprint density at radius 3 is 2.33 bits per heavy atom. The molecule has 1 atom stereocenters. The number of likely N-dealkylation sites (N-methyl/N-ethyl adjacent to an activating group) is 1. The normalized spacial score (nSPS) is 16.0. The van der Waals surface area contributed by atoms with Crippen LogP contribution in [0.2, 0.25) is 0 Å². The largest absolute Gasteiger partial charge is 0.342 e. The Labute approximate surface area is 161 Å². The molecule has 1 aliphatic rings. The van der Waals surface area contributed by atoms with Crippen molar-refractivity contribution in [3.05, 3.63) is 35.4 Å². The van der Waals surface area contributed by atoms with Gasteiger partial charge in [-0.1, -0.05) is 38.1 Å². The smallest absolute Gasteiger partial charge is 0.237 e. The molecule has 0 saturated heterocycles. The van der Waals surface area contributed by atoms with Gasteiger partial charge in [-0.15, -0.1) is 0 Å². The fraction of sp³-hybridized carbons (Fsp3) is 0.571. The molecule has 2 rings (SSSR count). The van der Waals surface area contributed by atoms with Crippen molar-refractivity contribution in [3.8, 4) is 6.07 Å². The number of nitriles is 1. The van der Waals surface area contributed by atoms with E-state index in [0.29, 0.717) is 24.4 Å². The van der Waals surface area contributed by atoms with Crippen molar-refractivity contribution >= 4 is 11.7 Å². The van der Waals surface area contributed by atoms with Gasteiger partial charge in [0.25, 0.3) is 0 Å². The van der Waals surface area contributed by atoms with Gasteiger partial charge in [-0.3, -0.25) is 14.9 Å². The summed E-state index contributed by atoms with van der Waals surface area (Å²) in [7, 11) is 3.75. The van der Waals surface area contributed by atoms with Crippen molar-refractivity contribution in [1.29, 1.82) is 5.26 Å². The molecule has 0 bridgehead atoms. The predicted molar refractivity (Wildman–Crippen MR) is 105 cm³/mol. The molecule has 1 aromatic rings. The van der Waals surface area contributed by atoms with Crippen molar-refractivity contribution in [1.82, 2.24) is 15.5 Å². The molecule has 2 N–H and O–H groups in total. The fourth-order valence-electron chi connectivity index (χ4n) is 3.28. The molecule has 1 saturated carbocycles. The van der Waals surface area contributed by atoms with E-state index in [1.165, 1.54) is 0 Å². The maximum atomic E-state index is 12.4. The van der Waals surface area contributed by atoms with Crippen molar-refractivity contribution in [3.63, 3.8) is 0 Å². The molecule has 0 spiro atoms. The minimum absolute atomic E-state index is 0.0186. The van der Waals surface area contributed by atoms with E-state index in [1.807, 2.05) is 49.3 Å². The molecule has 0 heterocycles. The number of Topliss-reactive ketones (excluding diaryl/α,β-unsaturated/α-hetero) is 1. The second kappa shape index (κ2) is 9.12. The van der Waals surface area contributed by atoms with Crippen molar-refractivity contribution in [2.45, 2.75) is 44.7 Å². The van der Waals surface area contributed by atoms with Gasteiger partial charge in [-0.2, -0.15) is 5.26 Å². The number of hydrogen-bond acceptors (Lipinski definition) is 5. The van der Waals surface area contributed by atoms with Crippen LogP contribution >= 0.6 is 0 Å². The lowest BCUT2D eigenvalue weighted by Crippen LogP contribution is -2.49. The first-order chi connectivity index (χ1) is 12.8. The van der Waals surface area contributed by atoms with Crippen LogP contribution in [0.4, 0.5) is 0 Å². The van der Waals surface area contributed by atoms with E-state index in [2.05, 4.69) is 24.5 Å². The van der Waals surface area contributed by atoms with Crippen LogP contribution in [0.3, 0.4) is 0 Å². The molecule has 0 unspecified atom stereocenters. The zero-order valence-electron chi connectivity index (χ0n) is 16.7. The van der Waals surface area contributed by atoms with Gasteiger partial charge in [0.05, 0.1) is 18.7 Å². The monoisotopic (exact) mass is 370 g/mol. The van der Waals surface area contributed by atoms with E-state index in [-0.39, 0.29) is 29.8 Å². The Balaban J connectivity index is 2.11. The van der Waals surface area contributed by atoms with E-state index in [0.717, 1.165) is 18.4 Å². The Morgan fingerprint density at radius 1 is 1.22 bits per heavy atom. The van der Waals surface area contributed by atoms with Gasteiger partial charge in [0.1, 0.15) is 6.54 Å². The summed E-state index contributed by atoms with van der Waals surface area (Å²) < 4.78 is 0. The second-order valence-corrected chi connectivity index (χ2v) is 8.02. The third kappa shape index (κ3) is 5.88. The summed E-state index contributed by atoms with van der Waals surface area (Å²) in [5.74, 6) is 0.324. The van der Waals surface area contributed by atoms with E-state index in [4.69, 9.17) is 5.26 Å². The zero-order valence-corrected chi connectivity index (χ0v) is 16.7. The minimum Gasteiger partial charge on any atom is -0.342 e. The van der Waals surface area contributed by atoms with Crippen LogP contribution in [0.5, 0.6) is 0 Å². The third-order valence-electron chi connectivity index (χ3n) is 4.79. The van der Waals surface area contributed by atoms with Crippen LogP contribution < -0.4 is 10.6 Å². The van der Waals surface area contributed by atoms with E-state index in [1.54, 1.807) is 0 Å². The standard InChI is InChI=1S/C21H30N4O2/c1-15(2)13-18(20(27)23-12-11-22)24-21(9-10-21)17-7-5-16(6-8-17)19(26)14-25(3)4/h5-8,15,18,24H,9-10,12-14H2,1-4H3,(H,23,27)/t18-/m0/s1. The van der Waals surface area contributed by atoms with Crippen molar-refractivity contribution in [2.75, 3.05) is 27.2 Å². The lowest BCUT2D eigenvalue weighted by molar-refractivity contribution is -0.123. The van der Waals surface area contributed by atoms with Crippen LogP contribution in [0.25, 0.3) is 0 Å². The van der Waals surface area contributed by atoms with Gasteiger partial charge in [0.2, 0.25) is 5.91 Å². The number of hydrogen-bond donors (Lipinski definition) is 2. The van der Waals surface area contributed by atoms with Crippen LogP contribution in [0, 0.1) is 17.2 Å². The molecule has 6 nitrogen and oxygen atoms in total. The van der Waals surface area contributed by atoms with Crippen LogP contribution in [0.1, 0.15) is 49.0 Å². The summed E-state index contributed by atoms with van der Waals surface area (Å²) in [6, 6.07) is 9.33. The van der Waals surface area contributed by atoms with Crippen molar-refractivity contribution in [2.24, 2.45) is 5.92 Å². The minimum atomic E-state index is -0.337. The Morgan fingerprint density at radius 2 is 1.85 bits per heavy atom. The molecular formula is C21H30N4O2. The maximum Gasteiger partial charge on any atom is 0.237 e. The number of carbonyl (C=O) groups is 2. The molecular weight excluding hydrogens is 340 g/mol. The average Bonchev–Trinajstić information content (AvgIpc) is 3.39. The molecule has 1 aliphatic carbocycles. The van der Waals surface area contributed by atoms with Crippen LogP contribution in [-0.2, 0) is 10.3 Å². The number of amides is 1. The van der Waals surface area contributed by atoms with E-state index < -0.39 is 0 Å². The number of nitrogens with one attached hydrogen (secondary N) is 2. The number of rotatable bonds is 10. The maximum absolute atomic E-state index is 12.4. The molecule has 0 aromatic heterocycles. The number of benzene rings is 1. The lowest BCUT2D eigenvalue weighted by Gasteiger charge is -2.26. The summed E-state index contributed by atoms with van der Waals surface area (Å²) in [5.41, 5.74) is 1.59. The fourth-order valence-corrected chi connectivity index (χ4v) is 3.28. The molecule has 1 aromatic carbocycles. The first-order valence-electron chi connectivity index (χ1n) is 9.48. The van der Waals surface area contributed by atoms with Crippen LogP contribution in [0.15, 0.2) is 24.3 Å². The van der Waals surface area contributed by atoms with Gasteiger partial charge in [0, 0.05) is 11.1 Å². The molecule has 1 amide bonds. The molecule has 27 heavy (non-hydrogen) atoms. The van der Waals surface area contributed by atoms with Crippen LogP contribution in [-0.4, -0.2) is 49.8 Å². The first-order valence-corrected chi connectivity index (χ1v) is 9.48. The summed E-state index contributed by atoms with van der Waals surface area (Å²) >= 11 is 0. The first kappa shape index (κ1) is 21.1. The van der Waals surface area contributed by atoms with E-state index >= 15 is 0 Å². The van der Waals surface area contributed by atoms with Gasteiger partial charge in [-0.05, 0) is 44.8 Å². The molecule has 1 fully saturated rings. The molecule has 6 heteroatoms. The number of carbonyl (C=O) groups excluding carboxylic acids is 2. The quantitative estimate of drug-likeness (QED) is 0.486. The summed E-state index contributed by atoms with van der Waals surface area (Å²) in [6.45, 7) is 4.57. The lowest BCUT2D eigenvalue weighted by atomic mass is 9.97. The number of ketones is 1. The van der Waals surface area contributed by atoms with Gasteiger partial charge < -0.3 is 10.2 Å². The average molecular weight is 370 g/mol. The predicted octanol–water partition coefficient (Wildman–Crippen LogP) is 2.06. The highest BCUT2D eigenvalue weighted by Crippen LogP contribution is 2.46. The topological polar surface area (TPSA) is 85.2 Å². The molecule has 0 radical (unpaired) electrons. The highest BCUT2D eigenvalue weighted by atomic mass is 16.2. The summed E-state index contributed by atoms with van der Waals surface area (Å²) in [5, 5.41) is 14.9. The Bertz CT molecular complexity index is 700. The van der Waals surface area contributed by atoms with Gasteiger partial charge in [-0.25, -0.2) is 0 Å². The molecule has 0 aliphatic heterocycles. The zero-order chi connectivity index (χ0) is 20.0. The summed E-state index contributed by atoms with van der Waals surface area (Å²) in [4.78, 5) is 26.5. The highest BCUT2D eigenvalue weighted by Gasteiger charge is 2.46. The highest BCUT2D eigenvalue weighted by molar-refractivity contribution is 5.97. The third-order valence-corrected chi connectivity index (χ3v) is 4.79. The second-order valence-electron chi connectivity index (χ2n) is 8.02. The Hall–Kier alpha value is -2.23. The number of nitrogens with zero attached hydrogens (tertiary/aromatic N) is 2. The van der Waals surface area contributed by atoms with Gasteiger partial charge >= 0.3 is 0 Å². The molecule has 146 valence electrons. The van der Waals surface area contributed by atoms with Crippen molar-refractivity contribution < 1.29 is 9.59 Å². The van der Waals surface area contributed by atoms with Gasteiger partial charge in [0.15, 0.2) is 5.78 Å². The SMILES string of the molecule is CC(C)C[C@H](NC1(c2ccc(C(=O)CN(C)C)cc2)CC1)C(=O)NCC#N. The summed E-state index contributed by atoms with van der Waals surface area (Å²) in [6.07, 6.45) is 2.62. The Kier molecular flexibility index (Phi) is 7.11.